The molecular formula is C14H17ClN2O4. The van der Waals surface area contributed by atoms with Crippen molar-refractivity contribution in [2.45, 2.75) is 32.4 Å². The Balaban J connectivity index is 2.08. The van der Waals surface area contributed by atoms with Crippen molar-refractivity contribution in [1.82, 2.24) is 5.32 Å². The second-order valence-electron chi connectivity index (χ2n) is 5.73. The first-order chi connectivity index (χ1) is 9.77. The van der Waals surface area contributed by atoms with Gasteiger partial charge in [0.1, 0.15) is 5.02 Å². The third-order valence-electron chi connectivity index (χ3n) is 4.17. The van der Waals surface area contributed by atoms with Crippen LogP contribution in [0.2, 0.25) is 5.02 Å². The van der Waals surface area contributed by atoms with Crippen LogP contribution in [0.3, 0.4) is 0 Å². The number of halogens is 1. The molecule has 0 radical (unpaired) electrons. The predicted octanol–water partition coefficient (Wildman–Crippen LogP) is 2.79. The highest BCUT2D eigenvalue weighted by molar-refractivity contribution is 6.33. The van der Waals surface area contributed by atoms with Gasteiger partial charge in [0.2, 0.25) is 0 Å². The summed E-state index contributed by atoms with van der Waals surface area (Å²) in [5, 5.41) is 13.6. The Hall–Kier alpha value is -1.66. The lowest BCUT2D eigenvalue weighted by Gasteiger charge is -2.51. The molecule has 1 N–H and O–H groups in total. The van der Waals surface area contributed by atoms with Gasteiger partial charge >= 0.3 is 0 Å². The molecule has 7 heteroatoms. The SMILES string of the molecule is COC1CC(NC(=O)c2ccc([N+](=O)[O-])c(Cl)c2)C1(C)C. The molecule has 0 aliphatic heterocycles. The quantitative estimate of drug-likeness (QED) is 0.684. The van der Waals surface area contributed by atoms with Crippen molar-refractivity contribution in [3.8, 4) is 0 Å². The largest absolute Gasteiger partial charge is 0.381 e. The van der Waals surface area contributed by atoms with Crippen molar-refractivity contribution in [3.63, 3.8) is 0 Å². The van der Waals surface area contributed by atoms with Gasteiger partial charge in [-0.2, -0.15) is 0 Å². The molecule has 0 heterocycles. The molecule has 1 fully saturated rings. The topological polar surface area (TPSA) is 81.5 Å². The summed E-state index contributed by atoms with van der Waals surface area (Å²) < 4.78 is 5.33. The maximum atomic E-state index is 12.2. The van der Waals surface area contributed by atoms with E-state index in [1.807, 2.05) is 13.8 Å². The number of methoxy groups -OCH3 is 1. The average molecular weight is 313 g/mol. The zero-order valence-corrected chi connectivity index (χ0v) is 12.8. The Bertz CT molecular complexity index is 588. The fourth-order valence-corrected chi connectivity index (χ4v) is 2.82. The Morgan fingerprint density at radius 2 is 2.19 bits per heavy atom. The predicted molar refractivity (Wildman–Crippen MR) is 78.6 cm³/mol. The molecule has 114 valence electrons. The van der Waals surface area contributed by atoms with Crippen molar-refractivity contribution in [2.24, 2.45) is 5.41 Å². The molecule has 1 aliphatic rings. The van der Waals surface area contributed by atoms with E-state index in [-0.39, 0.29) is 34.2 Å². The average Bonchev–Trinajstić information content (AvgIpc) is 2.42. The van der Waals surface area contributed by atoms with Gasteiger partial charge in [-0.05, 0) is 18.6 Å². The third-order valence-corrected chi connectivity index (χ3v) is 4.48. The molecule has 2 rings (SSSR count). The molecule has 6 nitrogen and oxygen atoms in total. The Labute approximate surface area is 127 Å². The Kier molecular flexibility index (Phi) is 4.20. The second kappa shape index (κ2) is 5.61. The molecule has 0 spiro atoms. The summed E-state index contributed by atoms with van der Waals surface area (Å²) in [6.07, 6.45) is 0.860. The monoisotopic (exact) mass is 312 g/mol. The highest BCUT2D eigenvalue weighted by atomic mass is 35.5. The lowest BCUT2D eigenvalue weighted by molar-refractivity contribution is -0.384. The smallest absolute Gasteiger partial charge is 0.287 e. The maximum Gasteiger partial charge on any atom is 0.287 e. The van der Waals surface area contributed by atoms with Crippen LogP contribution in [0.1, 0.15) is 30.6 Å². The van der Waals surface area contributed by atoms with Crippen LogP contribution < -0.4 is 5.32 Å². The number of ether oxygens (including phenoxy) is 1. The van der Waals surface area contributed by atoms with Gasteiger partial charge in [-0.3, -0.25) is 14.9 Å². The molecule has 0 saturated heterocycles. The molecule has 2 unspecified atom stereocenters. The first kappa shape index (κ1) is 15.7. The zero-order valence-electron chi connectivity index (χ0n) is 12.1. The normalized spacial score (nSPS) is 23.2. The molecule has 21 heavy (non-hydrogen) atoms. The highest BCUT2D eigenvalue weighted by Crippen LogP contribution is 2.42. The van der Waals surface area contributed by atoms with Crippen LogP contribution in [0, 0.1) is 15.5 Å². The van der Waals surface area contributed by atoms with Crippen molar-refractivity contribution >= 4 is 23.2 Å². The van der Waals surface area contributed by atoms with Gasteiger partial charge in [-0.1, -0.05) is 25.4 Å². The number of benzene rings is 1. The van der Waals surface area contributed by atoms with E-state index in [4.69, 9.17) is 16.3 Å². The van der Waals surface area contributed by atoms with Gasteiger partial charge in [0.25, 0.3) is 11.6 Å². The number of rotatable bonds is 4. The fraction of sp³-hybridized carbons (Fsp3) is 0.500. The first-order valence-corrected chi connectivity index (χ1v) is 6.92. The summed E-state index contributed by atoms with van der Waals surface area (Å²) in [7, 11) is 1.65. The summed E-state index contributed by atoms with van der Waals surface area (Å²) in [6, 6.07) is 3.96. The van der Waals surface area contributed by atoms with Gasteiger partial charge in [-0.25, -0.2) is 0 Å². The molecule has 1 amide bonds. The van der Waals surface area contributed by atoms with E-state index < -0.39 is 4.92 Å². The first-order valence-electron chi connectivity index (χ1n) is 6.55. The van der Waals surface area contributed by atoms with Gasteiger partial charge in [0, 0.05) is 30.2 Å². The lowest BCUT2D eigenvalue weighted by Crippen LogP contribution is -2.61. The summed E-state index contributed by atoms with van der Waals surface area (Å²) in [6.45, 7) is 4.05. The minimum Gasteiger partial charge on any atom is -0.381 e. The van der Waals surface area contributed by atoms with Gasteiger partial charge in [0.15, 0.2) is 0 Å². The van der Waals surface area contributed by atoms with E-state index in [1.165, 1.54) is 18.2 Å². The van der Waals surface area contributed by atoms with Gasteiger partial charge in [-0.15, -0.1) is 0 Å². The van der Waals surface area contributed by atoms with Crippen molar-refractivity contribution in [1.29, 1.82) is 0 Å². The summed E-state index contributed by atoms with van der Waals surface area (Å²) in [5.74, 6) is -0.292. The van der Waals surface area contributed by atoms with E-state index in [2.05, 4.69) is 5.32 Å². The molecule has 0 aromatic heterocycles. The third kappa shape index (κ3) is 2.87. The lowest BCUT2D eigenvalue weighted by atomic mass is 9.64. The highest BCUT2D eigenvalue weighted by Gasteiger charge is 2.49. The van der Waals surface area contributed by atoms with Gasteiger partial charge in [0.05, 0.1) is 11.0 Å². The van der Waals surface area contributed by atoms with E-state index in [9.17, 15) is 14.9 Å². The molecule has 1 saturated carbocycles. The molecule has 1 aromatic rings. The molecule has 2 atom stereocenters. The number of carbonyl (C=O) groups excluding carboxylic acids is 1. The standard InChI is InChI=1S/C14H17ClN2O4/c1-14(2)11(7-12(14)21-3)16-13(18)8-4-5-10(17(19)20)9(15)6-8/h4-6,11-12H,7H2,1-3H3,(H,16,18). The number of hydrogen-bond donors (Lipinski definition) is 1. The van der Waals surface area contributed by atoms with Gasteiger partial charge < -0.3 is 10.1 Å². The van der Waals surface area contributed by atoms with E-state index in [1.54, 1.807) is 7.11 Å². The number of nitro benzene ring substituents is 1. The van der Waals surface area contributed by atoms with Crippen LogP contribution in [-0.4, -0.2) is 30.1 Å². The van der Waals surface area contributed by atoms with Crippen LogP contribution in [-0.2, 0) is 4.74 Å². The molecule has 1 aliphatic carbocycles. The molecule has 1 aromatic carbocycles. The minimum absolute atomic E-state index is 0.00363. The fourth-order valence-electron chi connectivity index (χ4n) is 2.57. The zero-order chi connectivity index (χ0) is 15.8. The number of amides is 1. The van der Waals surface area contributed by atoms with Crippen LogP contribution in [0.4, 0.5) is 5.69 Å². The number of hydrogen-bond acceptors (Lipinski definition) is 4. The Morgan fingerprint density at radius 3 is 2.67 bits per heavy atom. The van der Waals surface area contributed by atoms with Crippen LogP contribution in [0.25, 0.3) is 0 Å². The van der Waals surface area contributed by atoms with E-state index in [0.717, 1.165) is 6.42 Å². The van der Waals surface area contributed by atoms with Crippen LogP contribution in [0.15, 0.2) is 18.2 Å². The number of nitro groups is 1. The van der Waals surface area contributed by atoms with E-state index in [0.29, 0.717) is 5.56 Å². The van der Waals surface area contributed by atoms with Crippen LogP contribution in [0.5, 0.6) is 0 Å². The summed E-state index contributed by atoms with van der Waals surface area (Å²) >= 11 is 5.81. The second-order valence-corrected chi connectivity index (χ2v) is 6.14. The summed E-state index contributed by atoms with van der Waals surface area (Å²) in [5.41, 5.74) is -0.0477. The molecular weight excluding hydrogens is 296 g/mol. The Morgan fingerprint density at radius 1 is 1.52 bits per heavy atom. The van der Waals surface area contributed by atoms with Crippen LogP contribution >= 0.6 is 11.6 Å². The van der Waals surface area contributed by atoms with Crippen molar-refractivity contribution in [3.05, 3.63) is 38.9 Å². The van der Waals surface area contributed by atoms with E-state index >= 15 is 0 Å². The van der Waals surface area contributed by atoms with Crippen molar-refractivity contribution < 1.29 is 14.5 Å². The maximum absolute atomic E-state index is 12.2. The minimum atomic E-state index is -0.581. The number of nitrogens with one attached hydrogen (secondary N) is 1. The molecule has 0 bridgehead atoms. The number of carbonyl (C=O) groups is 1. The summed E-state index contributed by atoms with van der Waals surface area (Å²) in [4.78, 5) is 22.3. The van der Waals surface area contributed by atoms with Crippen molar-refractivity contribution in [2.75, 3.05) is 7.11 Å². The number of nitrogens with zero attached hydrogens (tertiary/aromatic N) is 1.